The number of rotatable bonds is 2. The molecule has 0 spiro atoms. The van der Waals surface area contributed by atoms with Crippen molar-refractivity contribution in [3.05, 3.63) is 75.8 Å². The number of hydrogen-bond acceptors (Lipinski definition) is 2. The summed E-state index contributed by atoms with van der Waals surface area (Å²) in [5.74, 6) is -0.613. The first-order valence-electron chi connectivity index (χ1n) is 6.22. The molecule has 0 fully saturated rings. The van der Waals surface area contributed by atoms with Gasteiger partial charge in [0.2, 0.25) is 0 Å². The Kier molecular flexibility index (Phi) is 2.99. The van der Waals surface area contributed by atoms with E-state index in [9.17, 15) is 14.3 Å². The molecule has 0 amide bonds. The molecule has 4 heteroatoms. The maximum Gasteiger partial charge on any atom is 0.255 e. The molecule has 20 heavy (non-hydrogen) atoms. The summed E-state index contributed by atoms with van der Waals surface area (Å²) in [4.78, 5) is 14.7. The van der Waals surface area contributed by atoms with E-state index in [1.807, 2.05) is 30.3 Å². The van der Waals surface area contributed by atoms with E-state index in [0.717, 1.165) is 5.56 Å². The third kappa shape index (κ3) is 2.16. The summed E-state index contributed by atoms with van der Waals surface area (Å²) < 4.78 is 13.3. The fourth-order valence-corrected chi connectivity index (χ4v) is 2.25. The van der Waals surface area contributed by atoms with E-state index in [4.69, 9.17) is 0 Å². The molecule has 1 aromatic heterocycles. The van der Waals surface area contributed by atoms with E-state index in [1.54, 1.807) is 0 Å². The molecule has 3 nitrogen and oxygen atoms in total. The van der Waals surface area contributed by atoms with Gasteiger partial charge in [0.1, 0.15) is 11.6 Å². The molecule has 100 valence electrons. The van der Waals surface area contributed by atoms with Crippen molar-refractivity contribution in [2.75, 3.05) is 0 Å². The summed E-state index contributed by atoms with van der Waals surface area (Å²) in [5, 5.41) is 10.5. The van der Waals surface area contributed by atoms with Crippen molar-refractivity contribution in [2.45, 2.75) is 6.42 Å². The second kappa shape index (κ2) is 4.81. The molecule has 2 N–H and O–H groups in total. The van der Waals surface area contributed by atoms with Crippen molar-refractivity contribution in [3.8, 4) is 5.75 Å². The molecule has 0 aliphatic carbocycles. The van der Waals surface area contributed by atoms with Gasteiger partial charge in [-0.25, -0.2) is 4.39 Å². The van der Waals surface area contributed by atoms with Gasteiger partial charge >= 0.3 is 0 Å². The van der Waals surface area contributed by atoms with Gasteiger partial charge in [0.05, 0.1) is 11.1 Å². The Bertz CT molecular complexity index is 825. The molecular weight excluding hydrogens is 257 g/mol. The number of aromatic amines is 1. The van der Waals surface area contributed by atoms with Crippen molar-refractivity contribution < 1.29 is 9.50 Å². The van der Waals surface area contributed by atoms with Crippen LogP contribution >= 0.6 is 0 Å². The lowest BCUT2D eigenvalue weighted by atomic mass is 10.0. The summed E-state index contributed by atoms with van der Waals surface area (Å²) in [5.41, 5.74) is 1.22. The average Bonchev–Trinajstić information content (AvgIpc) is 2.46. The standard InChI is InChI=1S/C16H12FNO2/c17-11-6-7-14-12(9-11)15(19)13(16(20)18-14)8-10-4-2-1-3-5-10/h1-7,9H,8H2,(H2,18,19,20). The van der Waals surface area contributed by atoms with Gasteiger partial charge in [0.15, 0.2) is 0 Å². The fraction of sp³-hybridized carbons (Fsp3) is 0.0625. The van der Waals surface area contributed by atoms with Crippen LogP contribution in [0.25, 0.3) is 10.9 Å². The number of halogens is 1. The van der Waals surface area contributed by atoms with Crippen LogP contribution in [0.3, 0.4) is 0 Å². The van der Waals surface area contributed by atoms with Crippen molar-refractivity contribution in [1.29, 1.82) is 0 Å². The molecule has 0 aliphatic heterocycles. The van der Waals surface area contributed by atoms with Crippen molar-refractivity contribution in [1.82, 2.24) is 4.98 Å². The summed E-state index contributed by atoms with van der Waals surface area (Å²) in [6.45, 7) is 0. The van der Waals surface area contributed by atoms with Crippen molar-refractivity contribution in [2.24, 2.45) is 0 Å². The lowest BCUT2D eigenvalue weighted by molar-refractivity contribution is 0.474. The first-order valence-corrected chi connectivity index (χ1v) is 6.22. The quantitative estimate of drug-likeness (QED) is 0.751. The molecule has 1 heterocycles. The second-order valence-corrected chi connectivity index (χ2v) is 4.63. The summed E-state index contributed by atoms with van der Waals surface area (Å²) in [7, 11) is 0. The minimum absolute atomic E-state index is 0.160. The van der Waals surface area contributed by atoms with E-state index in [1.165, 1.54) is 18.2 Å². The Labute approximate surface area is 114 Å². The minimum Gasteiger partial charge on any atom is -0.507 e. The first-order chi connectivity index (χ1) is 9.65. The molecular formula is C16H12FNO2. The smallest absolute Gasteiger partial charge is 0.255 e. The van der Waals surface area contributed by atoms with Crippen LogP contribution in [0.2, 0.25) is 0 Å². The van der Waals surface area contributed by atoms with Crippen LogP contribution in [0.1, 0.15) is 11.1 Å². The van der Waals surface area contributed by atoms with E-state index >= 15 is 0 Å². The Morgan fingerprint density at radius 3 is 2.60 bits per heavy atom. The van der Waals surface area contributed by atoms with Gasteiger partial charge in [0, 0.05) is 11.8 Å². The predicted octanol–water partition coefficient (Wildman–Crippen LogP) is 2.96. The van der Waals surface area contributed by atoms with Gasteiger partial charge in [0.25, 0.3) is 5.56 Å². The van der Waals surface area contributed by atoms with Crippen LogP contribution in [-0.2, 0) is 6.42 Å². The van der Waals surface area contributed by atoms with Gasteiger partial charge in [-0.05, 0) is 23.8 Å². The Morgan fingerprint density at radius 1 is 1.10 bits per heavy atom. The van der Waals surface area contributed by atoms with Gasteiger partial charge < -0.3 is 10.1 Å². The Balaban J connectivity index is 2.18. The minimum atomic E-state index is -0.453. The lowest BCUT2D eigenvalue weighted by Gasteiger charge is -2.07. The van der Waals surface area contributed by atoms with Crippen LogP contribution in [0.4, 0.5) is 4.39 Å². The lowest BCUT2D eigenvalue weighted by Crippen LogP contribution is -2.13. The SMILES string of the molecule is O=c1[nH]c2ccc(F)cc2c(O)c1Cc1ccccc1. The number of aromatic hydroxyl groups is 1. The highest BCUT2D eigenvalue weighted by molar-refractivity contribution is 5.85. The van der Waals surface area contributed by atoms with Crippen LogP contribution in [0.5, 0.6) is 5.75 Å². The molecule has 0 saturated heterocycles. The highest BCUT2D eigenvalue weighted by Gasteiger charge is 2.12. The molecule has 0 bridgehead atoms. The van der Waals surface area contributed by atoms with Crippen molar-refractivity contribution >= 4 is 10.9 Å². The van der Waals surface area contributed by atoms with Crippen LogP contribution in [0, 0.1) is 5.82 Å². The highest BCUT2D eigenvalue weighted by atomic mass is 19.1. The van der Waals surface area contributed by atoms with Crippen LogP contribution in [0.15, 0.2) is 53.3 Å². The maximum absolute atomic E-state index is 13.3. The normalized spacial score (nSPS) is 10.8. The molecule has 3 rings (SSSR count). The third-order valence-electron chi connectivity index (χ3n) is 3.27. The number of benzene rings is 2. The largest absolute Gasteiger partial charge is 0.507 e. The average molecular weight is 269 g/mol. The van der Waals surface area contributed by atoms with E-state index in [2.05, 4.69) is 4.98 Å². The summed E-state index contributed by atoms with van der Waals surface area (Å²) in [6.07, 6.45) is 0.300. The zero-order chi connectivity index (χ0) is 14.1. The van der Waals surface area contributed by atoms with Crippen LogP contribution < -0.4 is 5.56 Å². The zero-order valence-electron chi connectivity index (χ0n) is 10.6. The van der Waals surface area contributed by atoms with Gasteiger partial charge in [-0.15, -0.1) is 0 Å². The number of H-pyrrole nitrogens is 1. The number of aromatic nitrogens is 1. The Morgan fingerprint density at radius 2 is 1.85 bits per heavy atom. The highest BCUT2D eigenvalue weighted by Crippen LogP contribution is 2.26. The molecule has 0 saturated carbocycles. The second-order valence-electron chi connectivity index (χ2n) is 4.63. The monoisotopic (exact) mass is 269 g/mol. The zero-order valence-corrected chi connectivity index (χ0v) is 10.6. The fourth-order valence-electron chi connectivity index (χ4n) is 2.25. The predicted molar refractivity (Wildman–Crippen MR) is 75.4 cm³/mol. The number of fused-ring (bicyclic) bond motifs is 1. The summed E-state index contributed by atoms with van der Waals surface area (Å²) >= 11 is 0. The number of hydrogen-bond donors (Lipinski definition) is 2. The molecule has 0 atom stereocenters. The molecule has 0 radical (unpaired) electrons. The van der Waals surface area contributed by atoms with E-state index in [0.29, 0.717) is 17.3 Å². The first kappa shape index (κ1) is 12.4. The van der Waals surface area contributed by atoms with E-state index in [-0.39, 0.29) is 16.9 Å². The number of pyridine rings is 1. The molecule has 3 aromatic rings. The van der Waals surface area contributed by atoms with Crippen LogP contribution in [-0.4, -0.2) is 10.1 Å². The van der Waals surface area contributed by atoms with E-state index < -0.39 is 5.82 Å². The Hall–Kier alpha value is -2.62. The molecule has 2 aromatic carbocycles. The van der Waals surface area contributed by atoms with Crippen molar-refractivity contribution in [3.63, 3.8) is 0 Å². The third-order valence-corrected chi connectivity index (χ3v) is 3.27. The van der Waals surface area contributed by atoms with Gasteiger partial charge in [-0.1, -0.05) is 30.3 Å². The molecule has 0 aliphatic rings. The van der Waals surface area contributed by atoms with Gasteiger partial charge in [-0.3, -0.25) is 4.79 Å². The topological polar surface area (TPSA) is 53.1 Å². The van der Waals surface area contributed by atoms with Gasteiger partial charge in [-0.2, -0.15) is 0 Å². The molecule has 0 unspecified atom stereocenters. The number of nitrogens with one attached hydrogen (secondary N) is 1. The summed E-state index contributed by atoms with van der Waals surface area (Å²) in [6, 6.07) is 13.2. The maximum atomic E-state index is 13.3.